The van der Waals surface area contributed by atoms with Gasteiger partial charge in [0.1, 0.15) is 5.75 Å². The molecule has 4 nitrogen and oxygen atoms in total. The summed E-state index contributed by atoms with van der Waals surface area (Å²) in [6, 6.07) is 2.78. The predicted octanol–water partition coefficient (Wildman–Crippen LogP) is 2.90. The molecule has 1 aromatic rings. The number of phenols is 1. The number of hydrogen-bond acceptors (Lipinski definition) is 4. The van der Waals surface area contributed by atoms with E-state index < -0.39 is 12.0 Å². The first-order valence-electron chi connectivity index (χ1n) is 4.46. The van der Waals surface area contributed by atoms with Gasteiger partial charge in [0.05, 0.1) is 18.0 Å². The second-order valence-electron chi connectivity index (χ2n) is 3.21. The largest absolute Gasteiger partial charge is 0.506 e. The molecule has 0 unspecified atom stereocenters. The Morgan fingerprint density at radius 1 is 1.53 bits per heavy atom. The average molecular weight is 389 g/mol. The Balaban J connectivity index is 0.00000256. The molecule has 0 aliphatic rings. The number of rotatable bonds is 3. The molecule has 96 valence electrons. The molecule has 0 saturated carbocycles. The summed E-state index contributed by atoms with van der Waals surface area (Å²) in [5.41, 5.74) is 6.30. The monoisotopic (exact) mass is 387 g/mol. The fraction of sp³-hybridized carbons (Fsp3) is 0.300. The predicted molar refractivity (Wildman–Crippen MR) is 74.3 cm³/mol. The van der Waals surface area contributed by atoms with Crippen molar-refractivity contribution in [1.29, 1.82) is 0 Å². The second-order valence-corrected chi connectivity index (χ2v) is 4.98. The lowest BCUT2D eigenvalue weighted by Gasteiger charge is -2.14. The number of nitrogens with two attached hydrogens (primary N) is 1. The molecule has 0 aliphatic carbocycles. The van der Waals surface area contributed by atoms with Crippen LogP contribution < -0.4 is 5.73 Å². The highest BCUT2D eigenvalue weighted by atomic mass is 79.9. The molecule has 1 aromatic carbocycles. The number of esters is 1. The van der Waals surface area contributed by atoms with Crippen molar-refractivity contribution >= 4 is 50.2 Å². The van der Waals surface area contributed by atoms with E-state index >= 15 is 0 Å². The third-order valence-corrected chi connectivity index (χ3v) is 3.13. The molecule has 0 saturated heterocycles. The molecule has 0 heterocycles. The van der Waals surface area contributed by atoms with Gasteiger partial charge < -0.3 is 15.6 Å². The average Bonchev–Trinajstić information content (AvgIpc) is 2.22. The summed E-state index contributed by atoms with van der Waals surface area (Å²) >= 11 is 6.48. The zero-order chi connectivity index (χ0) is 12.3. The maximum atomic E-state index is 11.1. The fourth-order valence-corrected chi connectivity index (χ4v) is 2.50. The van der Waals surface area contributed by atoms with E-state index in [1.165, 1.54) is 7.11 Å². The smallest absolute Gasteiger partial charge is 0.307 e. The SMILES string of the molecule is COC(=O)C[C@H](N)c1cc(Br)cc(Br)c1O.Cl. The minimum absolute atomic E-state index is 0. The lowest BCUT2D eigenvalue weighted by Crippen LogP contribution is -2.16. The molecular weight excluding hydrogens is 377 g/mol. The lowest BCUT2D eigenvalue weighted by atomic mass is 10.0. The van der Waals surface area contributed by atoms with Gasteiger partial charge in [0.2, 0.25) is 0 Å². The van der Waals surface area contributed by atoms with Gasteiger partial charge in [-0.1, -0.05) is 15.9 Å². The number of carbonyl (C=O) groups excluding carboxylic acids is 1. The number of hydrogen-bond donors (Lipinski definition) is 2. The van der Waals surface area contributed by atoms with Crippen LogP contribution in [0.5, 0.6) is 5.75 Å². The summed E-state index contributed by atoms with van der Waals surface area (Å²) in [4.78, 5) is 11.1. The number of ether oxygens (including phenoxy) is 1. The van der Waals surface area contributed by atoms with Crippen LogP contribution in [0.4, 0.5) is 0 Å². The first kappa shape index (κ1) is 16.7. The molecule has 0 spiro atoms. The van der Waals surface area contributed by atoms with E-state index in [1.807, 2.05) is 0 Å². The van der Waals surface area contributed by atoms with Crippen molar-refractivity contribution in [3.8, 4) is 5.75 Å². The van der Waals surface area contributed by atoms with Crippen molar-refractivity contribution in [2.24, 2.45) is 5.73 Å². The van der Waals surface area contributed by atoms with E-state index in [0.717, 1.165) is 4.47 Å². The molecule has 1 rings (SSSR count). The normalized spacial score (nSPS) is 11.5. The molecule has 0 aliphatic heterocycles. The van der Waals surface area contributed by atoms with Gasteiger partial charge >= 0.3 is 5.97 Å². The quantitative estimate of drug-likeness (QED) is 0.780. The fourth-order valence-electron chi connectivity index (χ4n) is 1.24. The minimum atomic E-state index is -0.596. The van der Waals surface area contributed by atoms with Crippen LogP contribution in [0.15, 0.2) is 21.1 Å². The van der Waals surface area contributed by atoms with E-state index in [2.05, 4.69) is 36.6 Å². The Kier molecular flexibility index (Phi) is 7.08. The van der Waals surface area contributed by atoms with E-state index in [4.69, 9.17) is 5.73 Å². The van der Waals surface area contributed by atoms with E-state index in [0.29, 0.717) is 10.0 Å². The lowest BCUT2D eigenvalue weighted by molar-refractivity contribution is -0.141. The van der Waals surface area contributed by atoms with E-state index in [-0.39, 0.29) is 24.6 Å². The van der Waals surface area contributed by atoms with Gasteiger partial charge in [0, 0.05) is 16.1 Å². The highest BCUT2D eigenvalue weighted by molar-refractivity contribution is 9.11. The highest BCUT2D eigenvalue weighted by Crippen LogP contribution is 2.35. The van der Waals surface area contributed by atoms with Gasteiger partial charge in [-0.15, -0.1) is 12.4 Å². The summed E-state index contributed by atoms with van der Waals surface area (Å²) in [5, 5.41) is 9.78. The highest BCUT2D eigenvalue weighted by Gasteiger charge is 2.17. The molecule has 1 atom stereocenters. The maximum absolute atomic E-state index is 11.1. The Hall–Kier alpha value is -0.300. The van der Waals surface area contributed by atoms with Crippen LogP contribution in [0.3, 0.4) is 0 Å². The van der Waals surface area contributed by atoms with Crippen molar-refractivity contribution in [2.45, 2.75) is 12.5 Å². The minimum Gasteiger partial charge on any atom is -0.506 e. The van der Waals surface area contributed by atoms with Gasteiger partial charge in [0.15, 0.2) is 0 Å². The standard InChI is InChI=1S/C10H11Br2NO3.ClH/c1-16-9(14)4-8(13)6-2-5(11)3-7(12)10(6)15;/h2-3,8,15H,4,13H2,1H3;1H/t8-;/m0./s1. The molecule has 0 fully saturated rings. The van der Waals surface area contributed by atoms with Gasteiger partial charge in [0.25, 0.3) is 0 Å². The van der Waals surface area contributed by atoms with Crippen LogP contribution in [-0.2, 0) is 9.53 Å². The van der Waals surface area contributed by atoms with Crippen LogP contribution >= 0.6 is 44.3 Å². The van der Waals surface area contributed by atoms with Crippen LogP contribution in [0.25, 0.3) is 0 Å². The Labute approximate surface area is 122 Å². The molecular formula is C10H12Br2ClNO3. The molecule has 17 heavy (non-hydrogen) atoms. The Bertz CT molecular complexity index is 415. The molecule has 0 amide bonds. The van der Waals surface area contributed by atoms with E-state index in [9.17, 15) is 9.90 Å². The van der Waals surface area contributed by atoms with Crippen LogP contribution in [0.2, 0.25) is 0 Å². The summed E-state index contributed by atoms with van der Waals surface area (Å²) in [6.07, 6.45) is 0.0208. The van der Waals surface area contributed by atoms with Gasteiger partial charge in [-0.2, -0.15) is 0 Å². The second kappa shape index (κ2) is 7.20. The van der Waals surface area contributed by atoms with Crippen molar-refractivity contribution in [2.75, 3.05) is 7.11 Å². The van der Waals surface area contributed by atoms with Crippen molar-refractivity contribution in [3.63, 3.8) is 0 Å². The Morgan fingerprint density at radius 2 is 2.12 bits per heavy atom. The number of benzene rings is 1. The third-order valence-electron chi connectivity index (χ3n) is 2.07. The molecule has 0 bridgehead atoms. The summed E-state index contributed by atoms with van der Waals surface area (Å²) in [6.45, 7) is 0. The third kappa shape index (κ3) is 4.46. The van der Waals surface area contributed by atoms with Crippen LogP contribution in [-0.4, -0.2) is 18.2 Å². The first-order valence-corrected chi connectivity index (χ1v) is 6.04. The van der Waals surface area contributed by atoms with Crippen molar-refractivity contribution in [1.82, 2.24) is 0 Å². The summed E-state index contributed by atoms with van der Waals surface area (Å²) < 4.78 is 5.81. The van der Waals surface area contributed by atoms with Gasteiger partial charge in [-0.05, 0) is 28.1 Å². The number of phenolic OH excluding ortho intramolecular Hbond substituents is 1. The number of methoxy groups -OCH3 is 1. The Morgan fingerprint density at radius 3 is 2.65 bits per heavy atom. The summed E-state index contributed by atoms with van der Waals surface area (Å²) in [7, 11) is 1.30. The van der Waals surface area contributed by atoms with Crippen LogP contribution in [0, 0.1) is 0 Å². The van der Waals surface area contributed by atoms with E-state index in [1.54, 1.807) is 12.1 Å². The molecule has 3 N–H and O–H groups in total. The maximum Gasteiger partial charge on any atom is 0.307 e. The summed E-state index contributed by atoms with van der Waals surface area (Å²) in [5.74, 6) is -0.373. The zero-order valence-electron chi connectivity index (χ0n) is 8.94. The van der Waals surface area contributed by atoms with Crippen molar-refractivity contribution in [3.05, 3.63) is 26.6 Å². The molecule has 0 radical (unpaired) electrons. The van der Waals surface area contributed by atoms with Gasteiger partial charge in [-0.3, -0.25) is 4.79 Å². The zero-order valence-corrected chi connectivity index (χ0v) is 12.9. The first-order chi connectivity index (χ1) is 7.45. The van der Waals surface area contributed by atoms with Crippen molar-refractivity contribution < 1.29 is 14.6 Å². The topological polar surface area (TPSA) is 72.5 Å². The number of halogens is 3. The van der Waals surface area contributed by atoms with Gasteiger partial charge in [-0.25, -0.2) is 0 Å². The number of carbonyl (C=O) groups is 1. The molecule has 0 aromatic heterocycles. The number of aromatic hydroxyl groups is 1. The van der Waals surface area contributed by atoms with Crippen LogP contribution in [0.1, 0.15) is 18.0 Å². The molecule has 7 heteroatoms.